The lowest BCUT2D eigenvalue weighted by Gasteiger charge is -2.33. The number of anilines is 1. The second-order valence-corrected chi connectivity index (χ2v) is 5.25. The molecule has 20 heavy (non-hydrogen) atoms. The molecule has 1 aromatic rings. The number of rotatable bonds is 6. The number of halogens is 1. The van der Waals surface area contributed by atoms with Crippen LogP contribution >= 0.6 is 0 Å². The maximum absolute atomic E-state index is 13.7. The van der Waals surface area contributed by atoms with Crippen molar-refractivity contribution in [1.29, 1.82) is 0 Å². The summed E-state index contributed by atoms with van der Waals surface area (Å²) in [4.78, 5) is 12.7. The van der Waals surface area contributed by atoms with E-state index >= 15 is 0 Å². The third kappa shape index (κ3) is 3.83. The molecular formula is C16H20FNO2. The second kappa shape index (κ2) is 6.55. The molecule has 0 unspecified atom stereocenters. The summed E-state index contributed by atoms with van der Waals surface area (Å²) >= 11 is 0. The number of nitrogens with zero attached hydrogens (tertiary/aromatic N) is 1. The molecule has 3 nitrogen and oxygen atoms in total. The number of aliphatic carboxylic acids is 1. The van der Waals surface area contributed by atoms with Gasteiger partial charge in [0.25, 0.3) is 0 Å². The van der Waals surface area contributed by atoms with E-state index in [1.165, 1.54) is 37.5 Å². The number of benzene rings is 1. The lowest BCUT2D eigenvalue weighted by atomic mass is 9.85. The Labute approximate surface area is 118 Å². The van der Waals surface area contributed by atoms with Crippen LogP contribution in [-0.2, 0) is 4.79 Å². The van der Waals surface area contributed by atoms with Gasteiger partial charge in [-0.15, -0.1) is 0 Å². The van der Waals surface area contributed by atoms with Crippen molar-refractivity contribution in [3.63, 3.8) is 0 Å². The van der Waals surface area contributed by atoms with Crippen LogP contribution in [0.3, 0.4) is 0 Å². The molecule has 0 aliphatic heterocycles. The second-order valence-electron chi connectivity index (χ2n) is 5.25. The average molecular weight is 277 g/mol. The quantitative estimate of drug-likeness (QED) is 0.808. The lowest BCUT2D eigenvalue weighted by molar-refractivity contribution is -0.131. The summed E-state index contributed by atoms with van der Waals surface area (Å²) < 4.78 is 13.7. The first kappa shape index (κ1) is 14.6. The minimum atomic E-state index is -1.03. The standard InChI is InChI=1S/C16H20FNO2/c1-2-18(11-12-4-3-5-12)15-9-13(6-7-16(19)20)8-14(17)10-15/h6-10,12H,2-5,11H2,1H3,(H,19,20)/b7-6+. The van der Waals surface area contributed by atoms with Gasteiger partial charge in [-0.1, -0.05) is 6.42 Å². The molecule has 0 atom stereocenters. The van der Waals surface area contributed by atoms with Crippen LogP contribution in [0.2, 0.25) is 0 Å². The zero-order valence-electron chi connectivity index (χ0n) is 11.7. The molecule has 1 aliphatic carbocycles. The van der Waals surface area contributed by atoms with Crippen molar-refractivity contribution in [2.24, 2.45) is 5.92 Å². The molecule has 1 saturated carbocycles. The van der Waals surface area contributed by atoms with Gasteiger partial charge in [-0.2, -0.15) is 0 Å². The molecule has 4 heteroatoms. The highest BCUT2D eigenvalue weighted by Crippen LogP contribution is 2.29. The highest BCUT2D eigenvalue weighted by atomic mass is 19.1. The first-order valence-corrected chi connectivity index (χ1v) is 7.05. The molecule has 0 radical (unpaired) electrons. The molecule has 0 heterocycles. The van der Waals surface area contributed by atoms with Gasteiger partial charge in [-0.25, -0.2) is 9.18 Å². The van der Waals surface area contributed by atoms with Crippen LogP contribution in [0, 0.1) is 11.7 Å². The molecule has 0 spiro atoms. The van der Waals surface area contributed by atoms with Crippen molar-refractivity contribution in [2.45, 2.75) is 26.2 Å². The minimum absolute atomic E-state index is 0.334. The van der Waals surface area contributed by atoms with Crippen LogP contribution in [0.4, 0.5) is 10.1 Å². The smallest absolute Gasteiger partial charge is 0.328 e. The topological polar surface area (TPSA) is 40.5 Å². The van der Waals surface area contributed by atoms with E-state index in [9.17, 15) is 9.18 Å². The van der Waals surface area contributed by atoms with E-state index in [4.69, 9.17) is 5.11 Å². The molecular weight excluding hydrogens is 257 g/mol. The highest BCUT2D eigenvalue weighted by Gasteiger charge is 2.20. The van der Waals surface area contributed by atoms with Gasteiger partial charge in [0.15, 0.2) is 0 Å². The maximum atomic E-state index is 13.7. The number of carboxylic acids is 1. The average Bonchev–Trinajstić information content (AvgIpc) is 2.34. The van der Waals surface area contributed by atoms with E-state index in [0.29, 0.717) is 11.5 Å². The molecule has 0 bridgehead atoms. The Morgan fingerprint density at radius 1 is 1.45 bits per heavy atom. The molecule has 1 N–H and O–H groups in total. The van der Waals surface area contributed by atoms with Crippen LogP contribution in [0.15, 0.2) is 24.3 Å². The highest BCUT2D eigenvalue weighted by molar-refractivity contribution is 5.85. The summed E-state index contributed by atoms with van der Waals surface area (Å²) in [5.74, 6) is -0.659. The monoisotopic (exact) mass is 277 g/mol. The molecule has 0 saturated heterocycles. The molecule has 0 amide bonds. The van der Waals surface area contributed by atoms with Gasteiger partial charge in [0, 0.05) is 24.9 Å². The molecule has 108 valence electrons. The number of hydrogen-bond donors (Lipinski definition) is 1. The Morgan fingerprint density at radius 2 is 2.20 bits per heavy atom. The van der Waals surface area contributed by atoms with Crippen molar-refractivity contribution in [3.8, 4) is 0 Å². The lowest BCUT2D eigenvalue weighted by Crippen LogP contribution is -2.32. The van der Waals surface area contributed by atoms with Crippen molar-refractivity contribution in [1.82, 2.24) is 0 Å². The van der Waals surface area contributed by atoms with E-state index in [1.807, 2.05) is 6.07 Å². The Balaban J connectivity index is 2.17. The maximum Gasteiger partial charge on any atom is 0.328 e. The van der Waals surface area contributed by atoms with Gasteiger partial charge in [-0.05, 0) is 55.5 Å². The third-order valence-electron chi connectivity index (χ3n) is 3.77. The zero-order valence-corrected chi connectivity index (χ0v) is 11.7. The predicted molar refractivity (Wildman–Crippen MR) is 78.3 cm³/mol. The SMILES string of the molecule is CCN(CC1CCC1)c1cc(F)cc(/C=C/C(=O)O)c1. The largest absolute Gasteiger partial charge is 0.478 e. The molecule has 1 fully saturated rings. The van der Waals surface area contributed by atoms with Crippen LogP contribution < -0.4 is 4.90 Å². The summed E-state index contributed by atoms with van der Waals surface area (Å²) in [5.41, 5.74) is 1.40. The summed E-state index contributed by atoms with van der Waals surface area (Å²) in [6.45, 7) is 3.82. The first-order chi connectivity index (χ1) is 9.58. The van der Waals surface area contributed by atoms with Gasteiger partial charge in [-0.3, -0.25) is 0 Å². The van der Waals surface area contributed by atoms with Crippen LogP contribution in [0.25, 0.3) is 6.08 Å². The minimum Gasteiger partial charge on any atom is -0.478 e. The Hall–Kier alpha value is -1.84. The molecule has 1 aromatic carbocycles. The fraction of sp³-hybridized carbons (Fsp3) is 0.438. The van der Waals surface area contributed by atoms with E-state index < -0.39 is 5.97 Å². The van der Waals surface area contributed by atoms with Crippen molar-refractivity contribution in [3.05, 3.63) is 35.7 Å². The third-order valence-corrected chi connectivity index (χ3v) is 3.77. The van der Waals surface area contributed by atoms with E-state index in [2.05, 4.69) is 11.8 Å². The summed E-state index contributed by atoms with van der Waals surface area (Å²) in [6.07, 6.45) is 6.24. The van der Waals surface area contributed by atoms with Gasteiger partial charge in [0.05, 0.1) is 0 Å². The fourth-order valence-corrected chi connectivity index (χ4v) is 2.45. The zero-order chi connectivity index (χ0) is 14.5. The molecule has 1 aliphatic rings. The van der Waals surface area contributed by atoms with E-state index in [1.54, 1.807) is 0 Å². The number of hydrogen-bond acceptors (Lipinski definition) is 2. The number of carboxylic acid groups (broad SMARTS) is 1. The van der Waals surface area contributed by atoms with Crippen LogP contribution in [0.1, 0.15) is 31.7 Å². The van der Waals surface area contributed by atoms with Gasteiger partial charge in [0.1, 0.15) is 5.82 Å². The summed E-state index contributed by atoms with van der Waals surface area (Å²) in [6, 6.07) is 4.70. The van der Waals surface area contributed by atoms with E-state index in [0.717, 1.165) is 24.9 Å². The van der Waals surface area contributed by atoms with Crippen molar-refractivity contribution in [2.75, 3.05) is 18.0 Å². The normalized spacial score (nSPS) is 15.3. The predicted octanol–water partition coefficient (Wildman–Crippen LogP) is 3.55. The van der Waals surface area contributed by atoms with Crippen molar-refractivity contribution < 1.29 is 14.3 Å². The van der Waals surface area contributed by atoms with Crippen LogP contribution in [-0.4, -0.2) is 24.2 Å². The van der Waals surface area contributed by atoms with Gasteiger partial charge in [0.2, 0.25) is 0 Å². The Kier molecular flexibility index (Phi) is 4.77. The first-order valence-electron chi connectivity index (χ1n) is 7.05. The fourth-order valence-electron chi connectivity index (χ4n) is 2.45. The Bertz CT molecular complexity index is 509. The van der Waals surface area contributed by atoms with E-state index in [-0.39, 0.29) is 5.82 Å². The van der Waals surface area contributed by atoms with Crippen LogP contribution in [0.5, 0.6) is 0 Å². The molecule has 0 aromatic heterocycles. The summed E-state index contributed by atoms with van der Waals surface area (Å²) in [7, 11) is 0. The van der Waals surface area contributed by atoms with Gasteiger partial charge < -0.3 is 10.0 Å². The number of carbonyl (C=O) groups is 1. The van der Waals surface area contributed by atoms with Gasteiger partial charge >= 0.3 is 5.97 Å². The summed E-state index contributed by atoms with van der Waals surface area (Å²) in [5, 5.41) is 8.64. The Morgan fingerprint density at radius 3 is 2.75 bits per heavy atom. The molecule has 2 rings (SSSR count). The van der Waals surface area contributed by atoms with Crippen molar-refractivity contribution >= 4 is 17.7 Å².